The predicted molar refractivity (Wildman–Crippen MR) is 111 cm³/mol. The standard InChI is InChI=1S/C23H23N3O2/c1-23(2)17-9-5-7-11-19(17)26(3)21(23)14-13-16(15-24)22(27)25-18-10-6-8-12-20(18)28-4/h5-14H,1-4H3,(H,25,27)/b16-13+,21-14+. The average Bonchev–Trinajstić information content (AvgIpc) is 2.89. The molecule has 3 rings (SSSR count). The summed E-state index contributed by atoms with van der Waals surface area (Å²) < 4.78 is 5.24. The monoisotopic (exact) mass is 373 g/mol. The number of ether oxygens (including phenoxy) is 1. The van der Waals surface area contributed by atoms with Crippen LogP contribution in [0.3, 0.4) is 0 Å². The predicted octanol–water partition coefficient (Wildman–Crippen LogP) is 4.40. The first-order chi connectivity index (χ1) is 13.4. The molecule has 1 heterocycles. The molecule has 0 saturated carbocycles. The summed E-state index contributed by atoms with van der Waals surface area (Å²) in [5.41, 5.74) is 3.69. The maximum Gasteiger partial charge on any atom is 0.266 e. The second-order valence-corrected chi connectivity index (χ2v) is 7.10. The average molecular weight is 373 g/mol. The molecule has 1 N–H and O–H groups in total. The van der Waals surface area contributed by atoms with Crippen molar-refractivity contribution in [2.75, 3.05) is 24.4 Å². The summed E-state index contributed by atoms with van der Waals surface area (Å²) in [5.74, 6) is 0.0680. The molecule has 1 aliphatic heterocycles. The van der Waals surface area contributed by atoms with Gasteiger partial charge in [-0.25, -0.2) is 0 Å². The summed E-state index contributed by atoms with van der Waals surface area (Å²) >= 11 is 0. The smallest absolute Gasteiger partial charge is 0.266 e. The fourth-order valence-electron chi connectivity index (χ4n) is 3.57. The minimum absolute atomic E-state index is 0.0264. The Bertz CT molecular complexity index is 1010. The lowest BCUT2D eigenvalue weighted by molar-refractivity contribution is -0.112. The number of likely N-dealkylation sites (N-methyl/N-ethyl adjacent to an activating group) is 1. The van der Waals surface area contributed by atoms with Crippen molar-refractivity contribution in [3.63, 3.8) is 0 Å². The highest BCUT2D eigenvalue weighted by Crippen LogP contribution is 2.46. The van der Waals surface area contributed by atoms with Crippen molar-refractivity contribution in [1.82, 2.24) is 0 Å². The molecule has 5 nitrogen and oxygen atoms in total. The Kier molecular flexibility index (Phi) is 5.23. The van der Waals surface area contributed by atoms with Gasteiger partial charge in [-0.15, -0.1) is 0 Å². The number of hydrogen-bond acceptors (Lipinski definition) is 4. The first-order valence-electron chi connectivity index (χ1n) is 9.00. The van der Waals surface area contributed by atoms with Crippen LogP contribution in [0, 0.1) is 11.3 Å². The Labute approximate surface area is 165 Å². The minimum atomic E-state index is -0.472. The molecule has 1 aliphatic rings. The van der Waals surface area contributed by atoms with Crippen molar-refractivity contribution >= 4 is 17.3 Å². The molecule has 0 bridgehead atoms. The first-order valence-corrected chi connectivity index (χ1v) is 9.00. The molecule has 0 unspecified atom stereocenters. The van der Waals surface area contributed by atoms with Gasteiger partial charge in [-0.2, -0.15) is 5.26 Å². The van der Waals surface area contributed by atoms with E-state index in [0.29, 0.717) is 11.4 Å². The largest absolute Gasteiger partial charge is 0.495 e. The molecule has 0 atom stereocenters. The molecule has 0 saturated heterocycles. The highest BCUT2D eigenvalue weighted by Gasteiger charge is 2.37. The Balaban J connectivity index is 1.89. The quantitative estimate of drug-likeness (QED) is 0.637. The number of nitrogens with one attached hydrogen (secondary N) is 1. The maximum atomic E-state index is 12.6. The molecule has 1 amide bonds. The van der Waals surface area contributed by atoms with Crippen LogP contribution in [0.25, 0.3) is 0 Å². The van der Waals surface area contributed by atoms with Crippen LogP contribution >= 0.6 is 0 Å². The molecular formula is C23H23N3O2. The number of rotatable bonds is 4. The van der Waals surface area contributed by atoms with E-state index < -0.39 is 5.91 Å². The zero-order valence-corrected chi connectivity index (χ0v) is 16.5. The second kappa shape index (κ2) is 7.61. The van der Waals surface area contributed by atoms with Gasteiger partial charge in [-0.05, 0) is 35.9 Å². The van der Waals surface area contributed by atoms with Crippen LogP contribution in [0.15, 0.2) is 72.0 Å². The highest BCUT2D eigenvalue weighted by molar-refractivity contribution is 6.07. The fraction of sp³-hybridized carbons (Fsp3) is 0.217. The van der Waals surface area contributed by atoms with Crippen molar-refractivity contribution < 1.29 is 9.53 Å². The van der Waals surface area contributed by atoms with E-state index in [1.54, 1.807) is 24.3 Å². The molecule has 2 aromatic rings. The van der Waals surface area contributed by atoms with Gasteiger partial charge in [0.15, 0.2) is 0 Å². The lowest BCUT2D eigenvalue weighted by atomic mass is 9.83. The summed E-state index contributed by atoms with van der Waals surface area (Å²) in [7, 11) is 3.53. The van der Waals surface area contributed by atoms with Gasteiger partial charge in [0, 0.05) is 23.8 Å². The lowest BCUT2D eigenvalue weighted by Crippen LogP contribution is -2.22. The number of amides is 1. The van der Waals surface area contributed by atoms with Crippen molar-refractivity contribution in [3.8, 4) is 11.8 Å². The molecule has 5 heteroatoms. The van der Waals surface area contributed by atoms with E-state index >= 15 is 0 Å². The zero-order chi connectivity index (χ0) is 20.3. The van der Waals surface area contributed by atoms with E-state index in [-0.39, 0.29) is 11.0 Å². The normalized spacial score (nSPS) is 16.5. The van der Waals surface area contributed by atoms with Gasteiger partial charge in [-0.3, -0.25) is 4.79 Å². The number of nitrogens with zero attached hydrogens (tertiary/aromatic N) is 2. The maximum absolute atomic E-state index is 12.6. The van der Waals surface area contributed by atoms with E-state index in [4.69, 9.17) is 4.74 Å². The first kappa shape index (κ1) is 19.2. The third kappa shape index (κ3) is 3.37. The van der Waals surface area contributed by atoms with Crippen LogP contribution in [0.4, 0.5) is 11.4 Å². The van der Waals surface area contributed by atoms with E-state index in [1.165, 1.54) is 12.7 Å². The molecule has 2 aromatic carbocycles. The van der Waals surface area contributed by atoms with Crippen LogP contribution in [-0.4, -0.2) is 20.1 Å². The SMILES string of the molecule is COc1ccccc1NC(=O)/C(C#N)=C/C=C1/N(C)c2ccccc2C1(C)C. The lowest BCUT2D eigenvalue weighted by Gasteiger charge is -2.23. The third-order valence-corrected chi connectivity index (χ3v) is 5.07. The van der Waals surface area contributed by atoms with Crippen LogP contribution in [0.1, 0.15) is 19.4 Å². The van der Waals surface area contributed by atoms with Crippen molar-refractivity contribution in [1.29, 1.82) is 5.26 Å². The molecule has 0 spiro atoms. The minimum Gasteiger partial charge on any atom is -0.495 e. The molecule has 0 aliphatic carbocycles. The molecule has 28 heavy (non-hydrogen) atoms. The van der Waals surface area contributed by atoms with Gasteiger partial charge in [-0.1, -0.05) is 44.2 Å². The zero-order valence-electron chi connectivity index (χ0n) is 16.5. The number of fused-ring (bicyclic) bond motifs is 1. The molecule has 142 valence electrons. The van der Waals surface area contributed by atoms with E-state index in [2.05, 4.69) is 36.2 Å². The number of para-hydroxylation sites is 3. The number of nitriles is 1. The Hall–Kier alpha value is -3.52. The Morgan fingerprint density at radius 1 is 1.18 bits per heavy atom. The van der Waals surface area contributed by atoms with Crippen LogP contribution in [0.2, 0.25) is 0 Å². The van der Waals surface area contributed by atoms with Crippen LogP contribution in [-0.2, 0) is 10.2 Å². The molecule has 0 aromatic heterocycles. The van der Waals surface area contributed by atoms with Gasteiger partial charge in [0.25, 0.3) is 5.91 Å². The van der Waals surface area contributed by atoms with Gasteiger partial charge in [0.2, 0.25) is 0 Å². The molecular weight excluding hydrogens is 350 g/mol. The van der Waals surface area contributed by atoms with Gasteiger partial charge in [0.05, 0.1) is 12.8 Å². The number of allylic oxidation sites excluding steroid dienone is 3. The summed E-state index contributed by atoms with van der Waals surface area (Å²) in [6, 6.07) is 17.3. The number of methoxy groups -OCH3 is 1. The highest BCUT2D eigenvalue weighted by atomic mass is 16.5. The van der Waals surface area contributed by atoms with Gasteiger partial charge >= 0.3 is 0 Å². The number of carbonyl (C=O) groups is 1. The summed E-state index contributed by atoms with van der Waals surface area (Å²) in [6.45, 7) is 4.27. The number of anilines is 2. The Morgan fingerprint density at radius 3 is 2.54 bits per heavy atom. The van der Waals surface area contributed by atoms with Crippen molar-refractivity contribution in [2.24, 2.45) is 0 Å². The topological polar surface area (TPSA) is 65.4 Å². The van der Waals surface area contributed by atoms with E-state index in [0.717, 1.165) is 11.4 Å². The number of benzene rings is 2. The van der Waals surface area contributed by atoms with Gasteiger partial charge in [0.1, 0.15) is 17.4 Å². The number of hydrogen-bond donors (Lipinski definition) is 1. The summed E-state index contributed by atoms with van der Waals surface area (Å²) in [6.07, 6.45) is 3.42. The van der Waals surface area contributed by atoms with Crippen molar-refractivity contribution in [3.05, 3.63) is 77.5 Å². The molecule has 0 fully saturated rings. The summed E-state index contributed by atoms with van der Waals surface area (Å²) in [5, 5.41) is 12.2. The summed E-state index contributed by atoms with van der Waals surface area (Å²) in [4.78, 5) is 14.7. The second-order valence-electron chi connectivity index (χ2n) is 7.10. The van der Waals surface area contributed by atoms with Crippen LogP contribution in [0.5, 0.6) is 5.75 Å². The third-order valence-electron chi connectivity index (χ3n) is 5.07. The van der Waals surface area contributed by atoms with E-state index in [9.17, 15) is 10.1 Å². The van der Waals surface area contributed by atoms with E-state index in [1.807, 2.05) is 37.4 Å². The Morgan fingerprint density at radius 2 is 1.86 bits per heavy atom. The number of carbonyl (C=O) groups excluding carboxylic acids is 1. The van der Waals surface area contributed by atoms with Crippen LogP contribution < -0.4 is 15.0 Å². The molecule has 0 radical (unpaired) electrons. The van der Waals surface area contributed by atoms with Gasteiger partial charge < -0.3 is 15.0 Å². The fourth-order valence-corrected chi connectivity index (χ4v) is 3.57. The van der Waals surface area contributed by atoms with Crippen molar-refractivity contribution in [2.45, 2.75) is 19.3 Å².